The first-order chi connectivity index (χ1) is 9.36. The largest absolute Gasteiger partial charge is 0.396 e. The maximum atomic E-state index is 13.7. The molecule has 2 aromatic rings. The lowest BCUT2D eigenvalue weighted by Gasteiger charge is -2.15. The molecule has 0 saturated carbocycles. The van der Waals surface area contributed by atoms with Crippen molar-refractivity contribution in [2.75, 3.05) is 6.61 Å². The van der Waals surface area contributed by atoms with Crippen LogP contribution < -0.4 is 0 Å². The van der Waals surface area contributed by atoms with E-state index in [4.69, 9.17) is 10.00 Å². The highest BCUT2D eigenvalue weighted by Crippen LogP contribution is 2.50. The molecule has 0 saturated heterocycles. The number of hydrogen-bond donors (Lipinski definition) is 2. The second-order valence-electron chi connectivity index (χ2n) is 4.18. The number of benzene rings is 1. The Kier molecular flexibility index (Phi) is 4.54. The van der Waals surface area contributed by atoms with Gasteiger partial charge in [0.25, 0.3) is 8.03 Å². The third-order valence-corrected chi connectivity index (χ3v) is 4.27. The number of hydrogen-bond acceptors (Lipinski definition) is 3. The molecule has 2 rings (SSSR count). The van der Waals surface area contributed by atoms with Gasteiger partial charge in [-0.1, -0.05) is 22.0 Å². The van der Waals surface area contributed by atoms with Crippen LogP contribution in [-0.2, 0) is 16.6 Å². The summed E-state index contributed by atoms with van der Waals surface area (Å²) in [5.74, 6) is 0. The molecule has 0 aliphatic rings. The first-order valence-corrected chi connectivity index (χ1v) is 7.83. The average Bonchev–Trinajstić information content (AvgIpc) is 2.38. The Morgan fingerprint density at radius 2 is 2.05 bits per heavy atom. The fraction of sp³-hybridized carbons (Fsp3) is 0.250. The van der Waals surface area contributed by atoms with Crippen LogP contribution in [0.2, 0.25) is 0 Å². The number of aliphatic hydroxyl groups excluding tert-OH is 1. The molecule has 0 bridgehead atoms. The standard InChI is InChI=1S/C12H11BrF2NO3P/c13-10-5-7-1-2-8(3-4-17)16-11(7)6-9(10)12(14,15)20(18)19/h1-2,5-6,17,20H,3-4H2,(H,18,19). The number of aliphatic hydroxyl groups is 1. The van der Waals surface area contributed by atoms with E-state index in [0.29, 0.717) is 17.5 Å². The Hall–Kier alpha value is -0.880. The minimum absolute atomic E-state index is 0.0547. The van der Waals surface area contributed by atoms with Gasteiger partial charge in [0.2, 0.25) is 0 Å². The molecule has 0 aliphatic carbocycles. The van der Waals surface area contributed by atoms with Gasteiger partial charge in [-0.05, 0) is 18.2 Å². The lowest BCUT2D eigenvalue weighted by atomic mass is 10.1. The topological polar surface area (TPSA) is 70.4 Å². The number of fused-ring (bicyclic) bond motifs is 1. The van der Waals surface area contributed by atoms with Gasteiger partial charge < -0.3 is 10.00 Å². The summed E-state index contributed by atoms with van der Waals surface area (Å²) in [5, 5.41) is 9.48. The molecular weight excluding hydrogens is 355 g/mol. The monoisotopic (exact) mass is 365 g/mol. The van der Waals surface area contributed by atoms with Gasteiger partial charge in [0.15, 0.2) is 0 Å². The Morgan fingerprint density at radius 3 is 2.65 bits per heavy atom. The van der Waals surface area contributed by atoms with Crippen LogP contribution in [0.1, 0.15) is 11.3 Å². The van der Waals surface area contributed by atoms with E-state index in [1.807, 2.05) is 0 Å². The summed E-state index contributed by atoms with van der Waals surface area (Å²) in [7, 11) is -4.05. The van der Waals surface area contributed by atoms with Crippen molar-refractivity contribution in [3.8, 4) is 0 Å². The van der Waals surface area contributed by atoms with Crippen molar-refractivity contribution in [2.45, 2.75) is 12.1 Å². The summed E-state index contributed by atoms with van der Waals surface area (Å²) >= 11 is 2.99. The molecule has 4 nitrogen and oxygen atoms in total. The van der Waals surface area contributed by atoms with Crippen LogP contribution >= 0.6 is 24.0 Å². The molecule has 8 heteroatoms. The summed E-state index contributed by atoms with van der Waals surface area (Å²) in [4.78, 5) is 12.9. The molecule has 0 spiro atoms. The molecule has 0 aliphatic heterocycles. The van der Waals surface area contributed by atoms with Gasteiger partial charge in [0.1, 0.15) is 0 Å². The van der Waals surface area contributed by atoms with Crippen LogP contribution in [0.25, 0.3) is 10.9 Å². The molecule has 20 heavy (non-hydrogen) atoms. The molecule has 0 amide bonds. The Bertz CT molecular complexity index is 681. The van der Waals surface area contributed by atoms with Crippen LogP contribution in [0.3, 0.4) is 0 Å². The van der Waals surface area contributed by atoms with Crippen molar-refractivity contribution < 1.29 is 23.3 Å². The predicted octanol–water partition coefficient (Wildman–Crippen LogP) is 3.05. The SMILES string of the molecule is O=[PH](O)C(F)(F)c1cc2nc(CCO)ccc2cc1Br. The molecule has 1 aromatic carbocycles. The van der Waals surface area contributed by atoms with Crippen molar-refractivity contribution in [3.63, 3.8) is 0 Å². The quantitative estimate of drug-likeness (QED) is 0.817. The Morgan fingerprint density at radius 1 is 1.35 bits per heavy atom. The van der Waals surface area contributed by atoms with Gasteiger partial charge in [-0.25, -0.2) is 0 Å². The van der Waals surface area contributed by atoms with Gasteiger partial charge in [-0.3, -0.25) is 9.55 Å². The summed E-state index contributed by atoms with van der Waals surface area (Å²) in [5.41, 5.74) is -3.53. The highest BCUT2D eigenvalue weighted by molar-refractivity contribution is 9.10. The zero-order chi connectivity index (χ0) is 14.9. The van der Waals surface area contributed by atoms with E-state index < -0.39 is 19.3 Å². The van der Waals surface area contributed by atoms with Crippen molar-refractivity contribution in [1.29, 1.82) is 0 Å². The maximum Gasteiger partial charge on any atom is 0.345 e. The van der Waals surface area contributed by atoms with Crippen molar-refractivity contribution in [3.05, 3.63) is 40.0 Å². The van der Waals surface area contributed by atoms with E-state index in [9.17, 15) is 13.3 Å². The lowest BCUT2D eigenvalue weighted by molar-refractivity contribution is 0.0808. The molecule has 108 valence electrons. The number of aromatic nitrogens is 1. The third kappa shape index (κ3) is 2.91. The highest BCUT2D eigenvalue weighted by Gasteiger charge is 2.40. The van der Waals surface area contributed by atoms with E-state index in [2.05, 4.69) is 20.9 Å². The highest BCUT2D eigenvalue weighted by atomic mass is 79.9. The Balaban J connectivity index is 2.62. The summed E-state index contributed by atoms with van der Waals surface area (Å²) < 4.78 is 38.3. The fourth-order valence-corrected chi connectivity index (χ4v) is 3.03. The van der Waals surface area contributed by atoms with Gasteiger partial charge in [0.05, 0.1) is 5.52 Å². The van der Waals surface area contributed by atoms with Crippen LogP contribution in [0.4, 0.5) is 8.78 Å². The smallest absolute Gasteiger partial charge is 0.345 e. The van der Waals surface area contributed by atoms with Crippen LogP contribution in [0.15, 0.2) is 28.7 Å². The zero-order valence-electron chi connectivity index (χ0n) is 10.1. The minimum atomic E-state index is -4.05. The van der Waals surface area contributed by atoms with Crippen molar-refractivity contribution in [2.24, 2.45) is 0 Å². The first kappa shape index (κ1) is 15.5. The number of pyridine rings is 1. The van der Waals surface area contributed by atoms with Crippen LogP contribution in [0, 0.1) is 0 Å². The maximum absolute atomic E-state index is 13.7. The number of rotatable bonds is 4. The predicted molar refractivity (Wildman–Crippen MR) is 75.3 cm³/mol. The van der Waals surface area contributed by atoms with Gasteiger partial charge in [0, 0.05) is 34.1 Å². The van der Waals surface area contributed by atoms with E-state index in [1.165, 1.54) is 6.07 Å². The lowest BCUT2D eigenvalue weighted by Crippen LogP contribution is -2.09. The average molecular weight is 366 g/mol. The zero-order valence-corrected chi connectivity index (χ0v) is 12.7. The minimum Gasteiger partial charge on any atom is -0.396 e. The van der Waals surface area contributed by atoms with E-state index in [0.717, 1.165) is 6.07 Å². The van der Waals surface area contributed by atoms with Crippen LogP contribution in [-0.4, -0.2) is 21.6 Å². The molecule has 1 atom stereocenters. The van der Waals surface area contributed by atoms with E-state index in [1.54, 1.807) is 12.1 Å². The van der Waals surface area contributed by atoms with Crippen LogP contribution in [0.5, 0.6) is 0 Å². The molecule has 1 heterocycles. The molecule has 1 aromatic heterocycles. The number of nitrogens with zero attached hydrogens (tertiary/aromatic N) is 1. The molecular formula is C12H11BrF2NO3P. The van der Waals surface area contributed by atoms with Gasteiger partial charge in [-0.15, -0.1) is 0 Å². The summed E-state index contributed by atoms with van der Waals surface area (Å²) in [6.07, 6.45) is 0.314. The van der Waals surface area contributed by atoms with Gasteiger partial charge >= 0.3 is 5.66 Å². The molecule has 0 fully saturated rings. The molecule has 0 radical (unpaired) electrons. The third-order valence-electron chi connectivity index (χ3n) is 2.81. The molecule has 1 unspecified atom stereocenters. The second-order valence-corrected chi connectivity index (χ2v) is 6.27. The number of alkyl halides is 2. The number of halogens is 3. The fourth-order valence-electron chi connectivity index (χ4n) is 1.80. The van der Waals surface area contributed by atoms with Crippen molar-refractivity contribution >= 4 is 34.9 Å². The van der Waals surface area contributed by atoms with E-state index in [-0.39, 0.29) is 16.6 Å². The first-order valence-electron chi connectivity index (χ1n) is 5.68. The normalized spacial score (nSPS) is 13.7. The summed E-state index contributed by atoms with van der Waals surface area (Å²) in [6, 6.07) is 5.91. The van der Waals surface area contributed by atoms with Crippen molar-refractivity contribution in [1.82, 2.24) is 4.98 Å². The second kappa shape index (κ2) is 5.85. The Labute approximate surface area is 122 Å². The molecule has 2 N–H and O–H groups in total. The van der Waals surface area contributed by atoms with E-state index >= 15 is 0 Å². The summed E-state index contributed by atoms with van der Waals surface area (Å²) in [6.45, 7) is -0.0948. The van der Waals surface area contributed by atoms with Gasteiger partial charge in [-0.2, -0.15) is 8.78 Å².